The van der Waals surface area contributed by atoms with Crippen LogP contribution in [0.5, 0.6) is 11.8 Å². The number of carbonyl (C=O) groups excluding carboxylic acids is 1. The second kappa shape index (κ2) is 13.5. The molecule has 4 heterocycles. The Hall–Kier alpha value is -5.09. The molecule has 0 unspecified atom stereocenters. The Kier molecular flexibility index (Phi) is 9.07. The summed E-state index contributed by atoms with van der Waals surface area (Å²) in [6.45, 7) is 2.05. The minimum atomic E-state index is -0.898. The van der Waals surface area contributed by atoms with Crippen molar-refractivity contribution in [3.63, 3.8) is 0 Å². The van der Waals surface area contributed by atoms with Crippen LogP contribution in [0.15, 0.2) is 54.7 Å². The van der Waals surface area contributed by atoms with E-state index in [1.165, 1.54) is 17.2 Å². The number of carbonyl (C=O) groups is 1. The molecule has 1 N–H and O–H groups in total. The summed E-state index contributed by atoms with van der Waals surface area (Å²) < 4.78 is 42.5. The van der Waals surface area contributed by atoms with E-state index in [0.29, 0.717) is 19.0 Å². The maximum absolute atomic E-state index is 16.2. The number of benzene rings is 2. The number of amides is 1. The van der Waals surface area contributed by atoms with Gasteiger partial charge in [0.1, 0.15) is 41.8 Å². The quantitative estimate of drug-likeness (QED) is 0.288. The fraction of sp³-hybridized carbons (Fsp3) is 0.364. The zero-order valence-electron chi connectivity index (χ0n) is 25.3. The molecule has 2 aliphatic rings. The van der Waals surface area contributed by atoms with Crippen LogP contribution in [0.3, 0.4) is 0 Å². The van der Waals surface area contributed by atoms with Crippen molar-refractivity contribution in [1.82, 2.24) is 24.8 Å². The molecule has 0 bridgehead atoms. The zero-order chi connectivity index (χ0) is 32.2. The van der Waals surface area contributed by atoms with E-state index in [1.807, 2.05) is 42.3 Å². The Morgan fingerprint density at radius 3 is 2.70 bits per heavy atom. The number of likely N-dealkylation sites (N-methyl/N-ethyl adjacent to an activating group) is 1. The van der Waals surface area contributed by atoms with Gasteiger partial charge in [-0.25, -0.2) is 13.6 Å². The standard InChI is InChI=1S/C33H33F2N7O4/c1-40-13-5-8-23(40)20-45-32-38-30-26(17-37-29(28(30)35)25-16-24(43)9-10-27(25)34)31(39-32)41-14-15-42(22(18-41)11-12-36)33(44)46-19-21-6-3-2-4-7-21/h2-4,6-7,9-10,16-17,22-23,43H,5,8,11,13-15,18-20H2,1H3/t22-,23-/m0/s1. The monoisotopic (exact) mass is 629 g/mol. The number of pyridine rings is 1. The first-order valence-electron chi connectivity index (χ1n) is 15.1. The zero-order valence-corrected chi connectivity index (χ0v) is 25.3. The van der Waals surface area contributed by atoms with Crippen molar-refractivity contribution in [1.29, 1.82) is 5.26 Å². The Morgan fingerprint density at radius 1 is 1.11 bits per heavy atom. The Balaban J connectivity index is 1.32. The fourth-order valence-electron chi connectivity index (χ4n) is 5.94. The van der Waals surface area contributed by atoms with Crippen molar-refractivity contribution in [3.05, 3.63) is 71.9 Å². The molecule has 46 heavy (non-hydrogen) atoms. The van der Waals surface area contributed by atoms with Crippen LogP contribution in [-0.4, -0.2) is 87.9 Å². The minimum absolute atomic E-state index is 0.0326. The van der Waals surface area contributed by atoms with E-state index in [9.17, 15) is 19.6 Å². The van der Waals surface area contributed by atoms with Crippen molar-refractivity contribution >= 4 is 22.8 Å². The predicted molar refractivity (Wildman–Crippen MR) is 165 cm³/mol. The van der Waals surface area contributed by atoms with Crippen molar-refractivity contribution < 1.29 is 28.2 Å². The second-order valence-corrected chi connectivity index (χ2v) is 11.5. The number of hydrogen-bond donors (Lipinski definition) is 1. The second-order valence-electron chi connectivity index (χ2n) is 11.5. The molecule has 6 rings (SSSR count). The Labute approximate surface area is 264 Å². The number of fused-ring (bicyclic) bond motifs is 1. The van der Waals surface area contributed by atoms with Gasteiger partial charge in [-0.05, 0) is 50.2 Å². The summed E-state index contributed by atoms with van der Waals surface area (Å²) in [5, 5.41) is 19.8. The van der Waals surface area contributed by atoms with Gasteiger partial charge in [-0.15, -0.1) is 0 Å². The van der Waals surface area contributed by atoms with Crippen LogP contribution in [0.1, 0.15) is 24.8 Å². The molecule has 1 amide bonds. The fourth-order valence-corrected chi connectivity index (χ4v) is 5.94. The number of nitrogens with zero attached hydrogens (tertiary/aromatic N) is 7. The summed E-state index contributed by atoms with van der Waals surface area (Å²) >= 11 is 0. The number of anilines is 1. The summed E-state index contributed by atoms with van der Waals surface area (Å²) in [5.41, 5.74) is 0.176. The smallest absolute Gasteiger partial charge is 0.410 e. The molecule has 0 saturated carbocycles. The van der Waals surface area contributed by atoms with E-state index < -0.39 is 23.8 Å². The molecule has 4 aromatic rings. The van der Waals surface area contributed by atoms with Crippen LogP contribution >= 0.6 is 0 Å². The van der Waals surface area contributed by atoms with Gasteiger partial charge in [-0.1, -0.05) is 30.3 Å². The molecule has 0 spiro atoms. The summed E-state index contributed by atoms with van der Waals surface area (Å²) in [6, 6.07) is 14.3. The van der Waals surface area contributed by atoms with Gasteiger partial charge in [-0.2, -0.15) is 15.2 Å². The van der Waals surface area contributed by atoms with E-state index in [2.05, 4.69) is 25.9 Å². The summed E-state index contributed by atoms with van der Waals surface area (Å²) in [7, 11) is 2.01. The predicted octanol–water partition coefficient (Wildman–Crippen LogP) is 4.89. The third-order valence-electron chi connectivity index (χ3n) is 8.47. The van der Waals surface area contributed by atoms with Gasteiger partial charge in [0.15, 0.2) is 5.82 Å². The minimum Gasteiger partial charge on any atom is -0.508 e. The number of likely N-dealkylation sites (tertiary alicyclic amines) is 1. The first-order valence-corrected chi connectivity index (χ1v) is 15.1. The lowest BCUT2D eigenvalue weighted by atomic mass is 10.1. The highest BCUT2D eigenvalue weighted by molar-refractivity contribution is 5.92. The lowest BCUT2D eigenvalue weighted by molar-refractivity contribution is 0.0768. The van der Waals surface area contributed by atoms with Gasteiger partial charge < -0.3 is 29.3 Å². The summed E-state index contributed by atoms with van der Waals surface area (Å²) in [6.07, 6.45) is 2.83. The van der Waals surface area contributed by atoms with Gasteiger partial charge in [0.25, 0.3) is 0 Å². The van der Waals surface area contributed by atoms with Crippen LogP contribution in [0.2, 0.25) is 0 Å². The van der Waals surface area contributed by atoms with E-state index >= 15 is 4.39 Å². The average Bonchev–Trinajstić information content (AvgIpc) is 3.48. The van der Waals surface area contributed by atoms with Crippen LogP contribution in [-0.2, 0) is 11.3 Å². The molecule has 2 saturated heterocycles. The SMILES string of the molecule is CN1CCC[C@H]1COc1nc(N2CCN(C(=O)OCc3ccccc3)[C@@H](CC#N)C2)c2cnc(-c3cc(O)ccc3F)c(F)c2n1. The maximum atomic E-state index is 16.2. The number of phenols is 1. The van der Waals surface area contributed by atoms with E-state index in [0.717, 1.165) is 37.1 Å². The number of aromatic nitrogens is 3. The topological polar surface area (TPSA) is 128 Å². The van der Waals surface area contributed by atoms with E-state index in [-0.39, 0.29) is 66.1 Å². The summed E-state index contributed by atoms with van der Waals surface area (Å²) in [4.78, 5) is 31.9. The van der Waals surface area contributed by atoms with Crippen LogP contribution < -0.4 is 9.64 Å². The average molecular weight is 630 g/mol. The van der Waals surface area contributed by atoms with Crippen molar-refractivity contribution in [2.24, 2.45) is 0 Å². The first-order chi connectivity index (χ1) is 22.3. The highest BCUT2D eigenvalue weighted by Crippen LogP contribution is 2.35. The number of rotatable bonds is 8. The normalized spacial score (nSPS) is 18.5. The van der Waals surface area contributed by atoms with E-state index in [1.54, 1.807) is 0 Å². The van der Waals surface area contributed by atoms with Gasteiger partial charge in [-0.3, -0.25) is 4.98 Å². The molecule has 0 radical (unpaired) electrons. The maximum Gasteiger partial charge on any atom is 0.410 e. The van der Waals surface area contributed by atoms with Crippen molar-refractivity contribution in [2.45, 2.75) is 38.0 Å². The number of phenolic OH excluding ortho intramolecular Hbond substituents is 1. The van der Waals surface area contributed by atoms with Gasteiger partial charge in [0, 0.05) is 37.4 Å². The third kappa shape index (κ3) is 6.48. The molecule has 2 atom stereocenters. The number of halogens is 2. The highest BCUT2D eigenvalue weighted by atomic mass is 19.1. The molecule has 13 heteroatoms. The number of aromatic hydroxyl groups is 1. The lowest BCUT2D eigenvalue weighted by Gasteiger charge is -2.40. The molecule has 0 aliphatic carbocycles. The molecular weight excluding hydrogens is 596 g/mol. The number of hydrogen-bond acceptors (Lipinski definition) is 10. The number of nitriles is 1. The molecular formula is C33H33F2N7O4. The number of piperazine rings is 1. The lowest BCUT2D eigenvalue weighted by Crippen LogP contribution is -2.55. The van der Waals surface area contributed by atoms with Gasteiger partial charge >= 0.3 is 12.1 Å². The Bertz CT molecular complexity index is 1770. The largest absolute Gasteiger partial charge is 0.508 e. The third-order valence-corrected chi connectivity index (χ3v) is 8.47. The van der Waals surface area contributed by atoms with Crippen LogP contribution in [0.4, 0.5) is 19.4 Å². The molecule has 2 aromatic carbocycles. The van der Waals surface area contributed by atoms with Crippen LogP contribution in [0, 0.1) is 23.0 Å². The number of ether oxygens (including phenoxy) is 2. The van der Waals surface area contributed by atoms with Crippen molar-refractivity contribution in [2.75, 3.05) is 44.7 Å². The van der Waals surface area contributed by atoms with Gasteiger partial charge in [0.2, 0.25) is 0 Å². The van der Waals surface area contributed by atoms with E-state index in [4.69, 9.17) is 9.47 Å². The molecule has 2 aromatic heterocycles. The molecule has 2 aliphatic heterocycles. The summed E-state index contributed by atoms with van der Waals surface area (Å²) in [5.74, 6) is -1.58. The first kappa shape index (κ1) is 30.9. The van der Waals surface area contributed by atoms with Crippen molar-refractivity contribution in [3.8, 4) is 29.1 Å². The highest BCUT2D eigenvalue weighted by Gasteiger charge is 2.34. The van der Waals surface area contributed by atoms with Gasteiger partial charge in [0.05, 0.1) is 23.9 Å². The molecule has 238 valence electrons. The molecule has 11 nitrogen and oxygen atoms in total. The molecule has 2 fully saturated rings. The Morgan fingerprint density at radius 2 is 1.93 bits per heavy atom. The van der Waals surface area contributed by atoms with Crippen LogP contribution in [0.25, 0.3) is 22.2 Å².